The van der Waals surface area contributed by atoms with Gasteiger partial charge in [0.25, 0.3) is 0 Å². The van der Waals surface area contributed by atoms with E-state index in [-0.39, 0.29) is 24.8 Å². The standard InChI is InChI=1S/C34H41N3O6S/c1-23(18-24(2)31(39)35-17-16-30(38)41-6)19-27-22-44-32(36-27)29(37-33(40)43-34(3,4)5)20-25-12-14-28(15-13-25)42-21-26-10-8-7-9-11-26/h7-15,18-19,22,29H,16-17,20-21H2,1-6H3,(H,35,39)(H,37,40)/b23-19+,24-18-/t29-/m0/s1. The fourth-order valence-corrected chi connectivity index (χ4v) is 4.90. The number of hydrogen-bond donors (Lipinski definition) is 2. The smallest absolute Gasteiger partial charge is 0.408 e. The van der Waals surface area contributed by atoms with Gasteiger partial charge in [0.1, 0.15) is 23.0 Å². The molecule has 0 radical (unpaired) electrons. The summed E-state index contributed by atoms with van der Waals surface area (Å²) in [5, 5.41) is 8.31. The molecule has 1 aromatic heterocycles. The van der Waals surface area contributed by atoms with E-state index in [1.807, 2.05) is 93.7 Å². The van der Waals surface area contributed by atoms with Crippen LogP contribution in [0.15, 0.2) is 77.2 Å². The van der Waals surface area contributed by atoms with Gasteiger partial charge < -0.3 is 24.8 Å². The third-order valence-corrected chi connectivity index (χ3v) is 7.14. The van der Waals surface area contributed by atoms with Gasteiger partial charge in [-0.05, 0) is 75.9 Å². The van der Waals surface area contributed by atoms with Crippen LogP contribution in [0.2, 0.25) is 0 Å². The van der Waals surface area contributed by atoms with Crippen LogP contribution in [0.4, 0.5) is 4.79 Å². The third-order valence-electron chi connectivity index (χ3n) is 6.16. The molecule has 1 atom stereocenters. The minimum Gasteiger partial charge on any atom is -0.489 e. The van der Waals surface area contributed by atoms with E-state index < -0.39 is 17.7 Å². The molecule has 0 unspecified atom stereocenters. The van der Waals surface area contributed by atoms with E-state index in [1.165, 1.54) is 18.4 Å². The van der Waals surface area contributed by atoms with Crippen LogP contribution in [-0.2, 0) is 32.1 Å². The first-order valence-electron chi connectivity index (χ1n) is 14.3. The Kier molecular flexibility index (Phi) is 12.7. The minimum atomic E-state index is -0.643. The highest BCUT2D eigenvalue weighted by Crippen LogP contribution is 2.26. The van der Waals surface area contributed by atoms with Gasteiger partial charge in [0.2, 0.25) is 5.91 Å². The Morgan fingerprint density at radius 2 is 1.70 bits per heavy atom. The van der Waals surface area contributed by atoms with Crippen molar-refractivity contribution in [3.05, 3.63) is 99.0 Å². The number of nitrogens with one attached hydrogen (secondary N) is 2. The molecule has 0 aliphatic carbocycles. The number of allylic oxidation sites excluding steroid dienone is 2. The Bertz CT molecular complexity index is 1460. The molecular formula is C34H41N3O6S. The molecule has 3 rings (SSSR count). The van der Waals surface area contributed by atoms with E-state index in [2.05, 4.69) is 15.4 Å². The van der Waals surface area contributed by atoms with Gasteiger partial charge in [-0.25, -0.2) is 9.78 Å². The normalized spacial score (nSPS) is 12.7. The summed E-state index contributed by atoms with van der Waals surface area (Å²) in [7, 11) is 1.31. The number of ether oxygens (including phenoxy) is 3. The molecule has 3 aromatic rings. The lowest BCUT2D eigenvalue weighted by Gasteiger charge is -2.23. The number of methoxy groups -OCH3 is 1. The topological polar surface area (TPSA) is 116 Å². The van der Waals surface area contributed by atoms with Crippen LogP contribution in [0.25, 0.3) is 6.08 Å². The van der Waals surface area contributed by atoms with E-state index in [1.54, 1.807) is 13.0 Å². The van der Waals surface area contributed by atoms with Gasteiger partial charge in [-0.2, -0.15) is 0 Å². The second-order valence-electron chi connectivity index (χ2n) is 11.2. The van der Waals surface area contributed by atoms with Crippen molar-refractivity contribution in [2.45, 2.75) is 65.7 Å². The zero-order valence-corrected chi connectivity index (χ0v) is 27.0. The van der Waals surface area contributed by atoms with E-state index in [9.17, 15) is 14.4 Å². The van der Waals surface area contributed by atoms with Gasteiger partial charge in [0, 0.05) is 17.5 Å². The average molecular weight is 620 g/mol. The molecule has 2 N–H and O–H groups in total. The lowest BCUT2D eigenvalue weighted by Crippen LogP contribution is -2.35. The summed E-state index contributed by atoms with van der Waals surface area (Å²) in [6.45, 7) is 9.72. The zero-order chi connectivity index (χ0) is 32.1. The van der Waals surface area contributed by atoms with Gasteiger partial charge in [0.05, 0.1) is 25.3 Å². The molecule has 9 nitrogen and oxygen atoms in total. The van der Waals surface area contributed by atoms with Crippen molar-refractivity contribution in [3.8, 4) is 5.75 Å². The molecule has 0 aliphatic heterocycles. The molecule has 234 valence electrons. The summed E-state index contributed by atoms with van der Waals surface area (Å²) in [6, 6.07) is 17.3. The van der Waals surface area contributed by atoms with E-state index in [0.717, 1.165) is 27.5 Å². The average Bonchev–Trinajstić information content (AvgIpc) is 3.44. The van der Waals surface area contributed by atoms with Crippen LogP contribution in [0.3, 0.4) is 0 Å². The number of amides is 2. The number of nitrogens with zero attached hydrogens (tertiary/aromatic N) is 1. The summed E-state index contributed by atoms with van der Waals surface area (Å²) in [5.41, 5.74) is 3.48. The molecule has 0 bridgehead atoms. The number of esters is 1. The van der Waals surface area contributed by atoms with Crippen LogP contribution in [-0.4, -0.2) is 42.2 Å². The second kappa shape index (κ2) is 16.4. The number of rotatable bonds is 13. The summed E-state index contributed by atoms with van der Waals surface area (Å²) in [5.74, 6) is 0.109. The molecule has 0 fully saturated rings. The maximum atomic E-state index is 12.7. The first-order chi connectivity index (χ1) is 20.9. The largest absolute Gasteiger partial charge is 0.489 e. The molecule has 0 spiro atoms. The molecule has 2 aromatic carbocycles. The number of carbonyl (C=O) groups excluding carboxylic acids is 3. The maximum Gasteiger partial charge on any atom is 0.408 e. The Balaban J connectivity index is 1.70. The Labute approximate surface area is 263 Å². The third kappa shape index (κ3) is 12.0. The maximum absolute atomic E-state index is 12.7. The van der Waals surface area contributed by atoms with Crippen molar-refractivity contribution in [2.24, 2.45) is 0 Å². The van der Waals surface area contributed by atoms with Gasteiger partial charge in [-0.3, -0.25) is 9.59 Å². The highest BCUT2D eigenvalue weighted by Gasteiger charge is 2.23. The van der Waals surface area contributed by atoms with Crippen molar-refractivity contribution in [2.75, 3.05) is 13.7 Å². The summed E-state index contributed by atoms with van der Waals surface area (Å²) >= 11 is 1.43. The van der Waals surface area contributed by atoms with Gasteiger partial charge >= 0.3 is 12.1 Å². The minimum absolute atomic E-state index is 0.108. The monoisotopic (exact) mass is 619 g/mol. The van der Waals surface area contributed by atoms with Crippen LogP contribution in [0.1, 0.15) is 68.9 Å². The molecule has 44 heavy (non-hydrogen) atoms. The molecule has 1 heterocycles. The van der Waals surface area contributed by atoms with Crippen molar-refractivity contribution in [1.82, 2.24) is 15.6 Å². The fourth-order valence-electron chi connectivity index (χ4n) is 4.08. The molecule has 2 amide bonds. The summed E-state index contributed by atoms with van der Waals surface area (Å²) < 4.78 is 16.0. The van der Waals surface area contributed by atoms with Gasteiger partial charge in [-0.1, -0.05) is 48.5 Å². The highest BCUT2D eigenvalue weighted by molar-refractivity contribution is 7.09. The number of alkyl carbamates (subject to hydrolysis) is 1. The predicted octanol–water partition coefficient (Wildman–Crippen LogP) is 6.56. The van der Waals surface area contributed by atoms with Crippen LogP contribution >= 0.6 is 11.3 Å². The Hall–Kier alpha value is -4.44. The lowest BCUT2D eigenvalue weighted by atomic mass is 10.1. The highest BCUT2D eigenvalue weighted by atomic mass is 32.1. The Morgan fingerprint density at radius 3 is 2.36 bits per heavy atom. The molecule has 0 aliphatic rings. The van der Waals surface area contributed by atoms with Crippen molar-refractivity contribution in [1.29, 1.82) is 0 Å². The second-order valence-corrected chi connectivity index (χ2v) is 12.1. The number of carbonyl (C=O) groups is 3. The van der Waals surface area contributed by atoms with Gasteiger partial charge in [-0.15, -0.1) is 11.3 Å². The van der Waals surface area contributed by atoms with Crippen molar-refractivity contribution >= 4 is 35.4 Å². The van der Waals surface area contributed by atoms with E-state index in [0.29, 0.717) is 24.3 Å². The summed E-state index contributed by atoms with van der Waals surface area (Å²) in [4.78, 5) is 41.1. The first kappa shape index (κ1) is 34.1. The van der Waals surface area contributed by atoms with Crippen molar-refractivity contribution in [3.63, 3.8) is 0 Å². The number of benzene rings is 2. The number of aromatic nitrogens is 1. The number of hydrogen-bond acceptors (Lipinski definition) is 8. The van der Waals surface area contributed by atoms with Crippen molar-refractivity contribution < 1.29 is 28.6 Å². The molecular weight excluding hydrogens is 578 g/mol. The van der Waals surface area contributed by atoms with Crippen LogP contribution < -0.4 is 15.4 Å². The van der Waals surface area contributed by atoms with Crippen LogP contribution in [0, 0.1) is 0 Å². The first-order valence-corrected chi connectivity index (χ1v) is 15.2. The van der Waals surface area contributed by atoms with E-state index >= 15 is 0 Å². The summed E-state index contributed by atoms with van der Waals surface area (Å²) in [6.07, 6.45) is 3.71. The molecule has 0 saturated carbocycles. The Morgan fingerprint density at radius 1 is 1.00 bits per heavy atom. The predicted molar refractivity (Wildman–Crippen MR) is 172 cm³/mol. The molecule has 0 saturated heterocycles. The molecule has 10 heteroatoms. The fraction of sp³-hybridized carbons (Fsp3) is 0.353. The SMILES string of the molecule is COC(=O)CCNC(=O)/C(C)=C\C(C)=C\c1csc([C@H](Cc2ccc(OCc3ccccc3)cc2)NC(=O)OC(C)(C)C)n1. The lowest BCUT2D eigenvalue weighted by molar-refractivity contribution is -0.140. The van der Waals surface area contributed by atoms with Crippen LogP contribution in [0.5, 0.6) is 5.75 Å². The van der Waals surface area contributed by atoms with E-state index in [4.69, 9.17) is 14.5 Å². The quantitative estimate of drug-likeness (QED) is 0.126. The number of thiazole rings is 1. The van der Waals surface area contributed by atoms with Gasteiger partial charge in [0.15, 0.2) is 0 Å². The zero-order valence-electron chi connectivity index (χ0n) is 26.1.